The molecule has 82 valence electrons. The van der Waals surface area contributed by atoms with Gasteiger partial charge in [0, 0.05) is 22.7 Å². The van der Waals surface area contributed by atoms with Gasteiger partial charge in [-0.05, 0) is 18.1 Å². The Kier molecular flexibility index (Phi) is 2.89. The Labute approximate surface area is 93.4 Å². The molecular formula is C10H11ClO3S. The molecule has 0 fully saturated rings. The van der Waals surface area contributed by atoms with Crippen LogP contribution in [0.15, 0.2) is 18.2 Å². The van der Waals surface area contributed by atoms with E-state index in [2.05, 4.69) is 0 Å². The molecule has 0 atom stereocenters. The van der Waals surface area contributed by atoms with Crippen molar-refractivity contribution in [3.63, 3.8) is 0 Å². The summed E-state index contributed by atoms with van der Waals surface area (Å²) in [5, 5.41) is 0. The first-order valence-corrected chi connectivity index (χ1v) is 7.20. The van der Waals surface area contributed by atoms with Crippen LogP contribution in [-0.4, -0.2) is 20.8 Å². The van der Waals surface area contributed by atoms with E-state index < -0.39 is 9.05 Å². The number of benzene rings is 1. The molecule has 0 saturated carbocycles. The average Bonchev–Trinajstić information content (AvgIpc) is 2.61. The second-order valence-electron chi connectivity index (χ2n) is 3.49. The van der Waals surface area contributed by atoms with E-state index in [1.165, 1.54) is 0 Å². The van der Waals surface area contributed by atoms with Gasteiger partial charge in [-0.25, -0.2) is 8.42 Å². The molecule has 1 aromatic rings. The molecule has 0 unspecified atom stereocenters. The fourth-order valence-electron chi connectivity index (χ4n) is 1.76. The van der Waals surface area contributed by atoms with E-state index in [-0.39, 0.29) is 5.75 Å². The van der Waals surface area contributed by atoms with Gasteiger partial charge in [0.2, 0.25) is 9.05 Å². The summed E-state index contributed by atoms with van der Waals surface area (Å²) >= 11 is 0. The van der Waals surface area contributed by atoms with Crippen molar-refractivity contribution in [1.82, 2.24) is 0 Å². The Hall–Kier alpha value is -0.740. The third-order valence-corrected chi connectivity index (χ3v) is 3.61. The molecule has 0 radical (unpaired) electrons. The highest BCUT2D eigenvalue weighted by atomic mass is 35.7. The van der Waals surface area contributed by atoms with Crippen molar-refractivity contribution in [3.8, 4) is 5.75 Å². The molecular weight excluding hydrogens is 236 g/mol. The van der Waals surface area contributed by atoms with Crippen molar-refractivity contribution >= 4 is 19.7 Å². The second kappa shape index (κ2) is 4.02. The standard InChI is InChI=1S/C10H11ClO3S/c11-15(12,13)7-5-8-2-1-3-10-9(8)4-6-14-10/h1-3H,4-7H2. The minimum absolute atomic E-state index is 0.0228. The summed E-state index contributed by atoms with van der Waals surface area (Å²) in [5.41, 5.74) is 2.15. The normalized spacial score (nSPS) is 14.7. The molecule has 1 aliphatic heterocycles. The zero-order chi connectivity index (χ0) is 10.9. The van der Waals surface area contributed by atoms with E-state index in [0.717, 1.165) is 23.3 Å². The van der Waals surface area contributed by atoms with Gasteiger partial charge in [0.05, 0.1) is 12.4 Å². The minimum atomic E-state index is -3.41. The third-order valence-electron chi connectivity index (χ3n) is 2.45. The predicted molar refractivity (Wildman–Crippen MR) is 59.0 cm³/mol. The largest absolute Gasteiger partial charge is 0.493 e. The van der Waals surface area contributed by atoms with E-state index in [1.54, 1.807) is 0 Å². The molecule has 2 rings (SSSR count). The van der Waals surface area contributed by atoms with Crippen LogP contribution in [0, 0.1) is 0 Å². The van der Waals surface area contributed by atoms with E-state index >= 15 is 0 Å². The lowest BCUT2D eigenvalue weighted by molar-refractivity contribution is 0.357. The number of hydrogen-bond donors (Lipinski definition) is 0. The van der Waals surface area contributed by atoms with Gasteiger partial charge >= 0.3 is 0 Å². The second-order valence-corrected chi connectivity index (χ2v) is 6.38. The van der Waals surface area contributed by atoms with Crippen LogP contribution >= 0.6 is 10.7 Å². The molecule has 1 aromatic carbocycles. The molecule has 0 spiro atoms. The minimum Gasteiger partial charge on any atom is -0.493 e. The molecule has 0 amide bonds. The molecule has 5 heteroatoms. The predicted octanol–water partition coefficient (Wildman–Crippen LogP) is 1.73. The molecule has 1 aliphatic rings. The smallest absolute Gasteiger partial charge is 0.232 e. The zero-order valence-electron chi connectivity index (χ0n) is 8.07. The summed E-state index contributed by atoms with van der Waals surface area (Å²) in [7, 11) is 1.77. The van der Waals surface area contributed by atoms with Gasteiger partial charge in [-0.3, -0.25) is 0 Å². The van der Waals surface area contributed by atoms with Gasteiger partial charge in [0.1, 0.15) is 5.75 Å². The Morgan fingerprint density at radius 3 is 2.93 bits per heavy atom. The summed E-state index contributed by atoms with van der Waals surface area (Å²) in [6, 6.07) is 5.71. The molecule has 0 aliphatic carbocycles. The van der Waals surface area contributed by atoms with Gasteiger partial charge in [0.15, 0.2) is 0 Å². The highest BCUT2D eigenvalue weighted by molar-refractivity contribution is 8.13. The lowest BCUT2D eigenvalue weighted by Gasteiger charge is -2.05. The topological polar surface area (TPSA) is 43.4 Å². The van der Waals surface area contributed by atoms with Crippen molar-refractivity contribution in [2.45, 2.75) is 12.8 Å². The first-order valence-electron chi connectivity index (χ1n) is 4.72. The van der Waals surface area contributed by atoms with Crippen LogP contribution in [0.1, 0.15) is 11.1 Å². The Balaban J connectivity index is 2.19. The van der Waals surface area contributed by atoms with Crippen molar-refractivity contribution in [2.75, 3.05) is 12.4 Å². The summed E-state index contributed by atoms with van der Waals surface area (Å²) in [4.78, 5) is 0. The molecule has 0 N–H and O–H groups in total. The van der Waals surface area contributed by atoms with Crippen LogP contribution in [0.4, 0.5) is 0 Å². The van der Waals surface area contributed by atoms with Gasteiger partial charge in [-0.1, -0.05) is 12.1 Å². The van der Waals surface area contributed by atoms with Crippen LogP contribution in [-0.2, 0) is 21.9 Å². The highest BCUT2D eigenvalue weighted by Gasteiger charge is 2.16. The maximum absolute atomic E-state index is 10.8. The number of halogens is 1. The van der Waals surface area contributed by atoms with Gasteiger partial charge < -0.3 is 4.74 Å². The number of aryl methyl sites for hydroxylation is 1. The van der Waals surface area contributed by atoms with Crippen LogP contribution in [0.25, 0.3) is 0 Å². The van der Waals surface area contributed by atoms with Crippen LogP contribution < -0.4 is 4.74 Å². The number of fused-ring (bicyclic) bond motifs is 1. The Morgan fingerprint density at radius 1 is 1.40 bits per heavy atom. The maximum atomic E-state index is 10.8. The first-order chi connectivity index (χ1) is 7.06. The van der Waals surface area contributed by atoms with Crippen molar-refractivity contribution in [1.29, 1.82) is 0 Å². The summed E-state index contributed by atoms with van der Waals surface area (Å²) < 4.78 is 27.1. The van der Waals surface area contributed by atoms with E-state index in [0.29, 0.717) is 13.0 Å². The molecule has 1 heterocycles. The zero-order valence-corrected chi connectivity index (χ0v) is 9.64. The highest BCUT2D eigenvalue weighted by Crippen LogP contribution is 2.28. The fraction of sp³-hybridized carbons (Fsp3) is 0.400. The molecule has 0 saturated heterocycles. The van der Waals surface area contributed by atoms with E-state index in [1.807, 2.05) is 18.2 Å². The summed E-state index contributed by atoms with van der Waals surface area (Å²) in [6.45, 7) is 0.681. The quantitative estimate of drug-likeness (QED) is 0.763. The van der Waals surface area contributed by atoms with E-state index in [9.17, 15) is 8.42 Å². The Bertz CT molecular complexity index is 468. The third kappa shape index (κ3) is 2.63. The van der Waals surface area contributed by atoms with Crippen molar-refractivity contribution in [2.24, 2.45) is 0 Å². The van der Waals surface area contributed by atoms with Crippen molar-refractivity contribution < 1.29 is 13.2 Å². The monoisotopic (exact) mass is 246 g/mol. The fourth-order valence-corrected chi connectivity index (χ4v) is 2.45. The first kappa shape index (κ1) is 10.8. The van der Waals surface area contributed by atoms with Gasteiger partial charge in [-0.2, -0.15) is 0 Å². The summed E-state index contributed by atoms with van der Waals surface area (Å²) in [5.74, 6) is 0.852. The van der Waals surface area contributed by atoms with Crippen LogP contribution in [0.5, 0.6) is 5.75 Å². The van der Waals surface area contributed by atoms with Crippen LogP contribution in [0.2, 0.25) is 0 Å². The molecule has 0 aromatic heterocycles. The van der Waals surface area contributed by atoms with Crippen molar-refractivity contribution in [3.05, 3.63) is 29.3 Å². The number of rotatable bonds is 3. The SMILES string of the molecule is O=S(=O)(Cl)CCc1cccc2c1CCO2. The Morgan fingerprint density at radius 2 is 2.20 bits per heavy atom. The van der Waals surface area contributed by atoms with Crippen LogP contribution in [0.3, 0.4) is 0 Å². The number of hydrogen-bond acceptors (Lipinski definition) is 3. The lowest BCUT2D eigenvalue weighted by atomic mass is 10.0. The molecule has 3 nitrogen and oxygen atoms in total. The van der Waals surface area contributed by atoms with Gasteiger partial charge in [-0.15, -0.1) is 0 Å². The molecule has 0 bridgehead atoms. The van der Waals surface area contributed by atoms with E-state index in [4.69, 9.17) is 15.4 Å². The van der Waals surface area contributed by atoms with Gasteiger partial charge in [0.25, 0.3) is 0 Å². The molecule has 15 heavy (non-hydrogen) atoms. The average molecular weight is 247 g/mol. The summed E-state index contributed by atoms with van der Waals surface area (Å²) in [6.07, 6.45) is 1.31. The maximum Gasteiger partial charge on any atom is 0.232 e. The number of ether oxygens (including phenoxy) is 1. The lowest BCUT2D eigenvalue weighted by Crippen LogP contribution is -2.02.